The number of piperazine rings is 1. The van der Waals surface area contributed by atoms with E-state index in [9.17, 15) is 18.0 Å². The Kier molecular flexibility index (Phi) is 3.75. The van der Waals surface area contributed by atoms with Gasteiger partial charge in [0.1, 0.15) is 11.7 Å². The van der Waals surface area contributed by atoms with E-state index in [0.29, 0.717) is 11.5 Å². The van der Waals surface area contributed by atoms with Crippen molar-refractivity contribution < 1.29 is 18.0 Å². The SMILES string of the molecule is CN1C(=O)C(c2ccccc2C(F)(F)F)N(C)C2=NSNC=C21. The number of benzene rings is 1. The first-order chi connectivity index (χ1) is 10.8. The van der Waals surface area contributed by atoms with Crippen LogP contribution in [0.4, 0.5) is 13.2 Å². The van der Waals surface area contributed by atoms with Gasteiger partial charge in [0.2, 0.25) is 0 Å². The number of hydrogen-bond donors (Lipinski definition) is 1. The van der Waals surface area contributed by atoms with Crippen LogP contribution < -0.4 is 4.72 Å². The number of carbonyl (C=O) groups excluding carboxylic acids is 1. The minimum atomic E-state index is -4.53. The van der Waals surface area contributed by atoms with Gasteiger partial charge in [-0.05, 0) is 11.6 Å². The molecule has 23 heavy (non-hydrogen) atoms. The third-order valence-electron chi connectivity index (χ3n) is 3.82. The molecule has 0 saturated carbocycles. The third kappa shape index (κ3) is 2.54. The fourth-order valence-electron chi connectivity index (χ4n) is 2.68. The van der Waals surface area contributed by atoms with Crippen molar-refractivity contribution in [3.05, 3.63) is 47.3 Å². The summed E-state index contributed by atoms with van der Waals surface area (Å²) in [5, 5.41) is 0. The molecule has 3 rings (SSSR count). The van der Waals surface area contributed by atoms with E-state index in [-0.39, 0.29) is 5.56 Å². The summed E-state index contributed by atoms with van der Waals surface area (Å²) in [5.41, 5.74) is -0.366. The number of nitrogens with one attached hydrogen (secondary N) is 1. The second-order valence-corrected chi connectivity index (χ2v) is 5.75. The smallest absolute Gasteiger partial charge is 0.341 e. The summed E-state index contributed by atoms with van der Waals surface area (Å²) in [4.78, 5) is 15.5. The Labute approximate surface area is 135 Å². The topological polar surface area (TPSA) is 47.9 Å². The van der Waals surface area contributed by atoms with Gasteiger partial charge in [0.05, 0.1) is 17.7 Å². The molecule has 0 radical (unpaired) electrons. The molecule has 1 unspecified atom stereocenters. The Balaban J connectivity index is 2.12. The van der Waals surface area contributed by atoms with E-state index in [2.05, 4.69) is 9.12 Å². The first-order valence-corrected chi connectivity index (χ1v) is 7.46. The average molecular weight is 342 g/mol. The Morgan fingerprint density at radius 2 is 1.96 bits per heavy atom. The van der Waals surface area contributed by atoms with E-state index in [1.54, 1.807) is 13.2 Å². The number of rotatable bonds is 1. The highest BCUT2D eigenvalue weighted by molar-refractivity contribution is 7.96. The van der Waals surface area contributed by atoms with Gasteiger partial charge >= 0.3 is 6.18 Å². The Bertz CT molecular complexity index is 716. The van der Waals surface area contributed by atoms with E-state index in [0.717, 1.165) is 18.2 Å². The molecule has 1 saturated heterocycles. The number of hydrogen-bond acceptors (Lipinski definition) is 5. The fraction of sp³-hybridized carbons (Fsp3) is 0.286. The summed E-state index contributed by atoms with van der Waals surface area (Å²) in [6, 6.07) is 4.05. The Hall–Kier alpha value is -2.16. The molecule has 1 amide bonds. The molecule has 1 aromatic carbocycles. The van der Waals surface area contributed by atoms with Crippen molar-refractivity contribution in [1.82, 2.24) is 14.5 Å². The summed E-state index contributed by atoms with van der Waals surface area (Å²) in [7, 11) is 3.10. The molecule has 0 aliphatic carbocycles. The van der Waals surface area contributed by atoms with Crippen molar-refractivity contribution in [3.8, 4) is 0 Å². The van der Waals surface area contributed by atoms with Crippen molar-refractivity contribution in [2.45, 2.75) is 12.2 Å². The number of likely N-dealkylation sites (N-methyl/N-ethyl adjacent to an activating group) is 2. The van der Waals surface area contributed by atoms with Gasteiger partial charge in [-0.15, -0.1) is 0 Å². The molecule has 2 aliphatic rings. The third-order valence-corrected chi connectivity index (χ3v) is 4.31. The van der Waals surface area contributed by atoms with Crippen LogP contribution in [-0.4, -0.2) is 35.6 Å². The Morgan fingerprint density at radius 3 is 2.65 bits per heavy atom. The number of carbonyl (C=O) groups is 1. The quantitative estimate of drug-likeness (QED) is 0.797. The lowest BCUT2D eigenvalue weighted by molar-refractivity contribution is -0.140. The van der Waals surface area contributed by atoms with Crippen molar-refractivity contribution in [2.24, 2.45) is 4.40 Å². The molecule has 1 atom stereocenters. The molecule has 1 N–H and O–H groups in total. The van der Waals surface area contributed by atoms with Crippen LogP contribution >= 0.6 is 12.1 Å². The minimum Gasteiger partial charge on any atom is -0.341 e. The molecule has 0 bridgehead atoms. The van der Waals surface area contributed by atoms with Gasteiger partial charge in [0.15, 0.2) is 5.84 Å². The molecule has 2 heterocycles. The minimum absolute atomic E-state index is 0.0790. The lowest BCUT2D eigenvalue weighted by Gasteiger charge is -2.41. The maximum atomic E-state index is 13.3. The number of amidine groups is 1. The maximum Gasteiger partial charge on any atom is 0.416 e. The first-order valence-electron chi connectivity index (χ1n) is 6.69. The molecule has 5 nitrogen and oxygen atoms in total. The predicted octanol–water partition coefficient (Wildman–Crippen LogP) is 2.56. The van der Waals surface area contributed by atoms with Gasteiger partial charge in [-0.25, -0.2) is 0 Å². The summed E-state index contributed by atoms with van der Waals surface area (Å²) in [6.45, 7) is 0. The molecule has 122 valence electrons. The van der Waals surface area contributed by atoms with Crippen LogP contribution in [0.1, 0.15) is 17.2 Å². The van der Waals surface area contributed by atoms with Gasteiger partial charge in [-0.1, -0.05) is 18.2 Å². The molecule has 0 aromatic heterocycles. The van der Waals surface area contributed by atoms with E-state index in [4.69, 9.17) is 0 Å². The molecule has 0 spiro atoms. The zero-order valence-electron chi connectivity index (χ0n) is 12.3. The lowest BCUT2D eigenvalue weighted by Crippen LogP contribution is -2.52. The van der Waals surface area contributed by atoms with Crippen molar-refractivity contribution in [1.29, 1.82) is 0 Å². The van der Waals surface area contributed by atoms with Crippen LogP contribution in [0.5, 0.6) is 0 Å². The van der Waals surface area contributed by atoms with Gasteiger partial charge in [0, 0.05) is 20.3 Å². The zero-order valence-corrected chi connectivity index (χ0v) is 13.1. The zero-order chi connectivity index (χ0) is 16.8. The second-order valence-electron chi connectivity index (χ2n) is 5.15. The van der Waals surface area contributed by atoms with Crippen molar-refractivity contribution >= 4 is 23.9 Å². The van der Waals surface area contributed by atoms with E-state index in [1.165, 1.54) is 35.0 Å². The summed E-state index contributed by atoms with van der Waals surface area (Å²) in [5.74, 6) is 0.0147. The van der Waals surface area contributed by atoms with Crippen LogP contribution in [0.25, 0.3) is 0 Å². The Morgan fingerprint density at radius 1 is 1.26 bits per heavy atom. The first kappa shape index (κ1) is 15.7. The number of halogens is 3. The van der Waals surface area contributed by atoms with Gasteiger partial charge < -0.3 is 14.5 Å². The second kappa shape index (κ2) is 5.48. The van der Waals surface area contributed by atoms with Crippen LogP contribution in [0.15, 0.2) is 40.6 Å². The number of alkyl halides is 3. The molecular weight excluding hydrogens is 329 g/mol. The van der Waals surface area contributed by atoms with Gasteiger partial charge in [0.25, 0.3) is 5.91 Å². The maximum absolute atomic E-state index is 13.3. The predicted molar refractivity (Wildman–Crippen MR) is 81.0 cm³/mol. The van der Waals surface area contributed by atoms with E-state index >= 15 is 0 Å². The van der Waals surface area contributed by atoms with Crippen LogP contribution in [0.2, 0.25) is 0 Å². The highest BCUT2D eigenvalue weighted by atomic mass is 32.2. The number of amides is 1. The summed E-state index contributed by atoms with van der Waals surface area (Å²) in [6.07, 6.45) is -2.93. The van der Waals surface area contributed by atoms with Crippen molar-refractivity contribution in [2.75, 3.05) is 14.1 Å². The van der Waals surface area contributed by atoms with Gasteiger partial charge in [-0.2, -0.15) is 17.6 Å². The van der Waals surface area contributed by atoms with Crippen LogP contribution in [0.3, 0.4) is 0 Å². The fourth-order valence-corrected chi connectivity index (χ4v) is 3.21. The molecule has 9 heteroatoms. The van der Waals surface area contributed by atoms with Crippen molar-refractivity contribution in [3.63, 3.8) is 0 Å². The monoisotopic (exact) mass is 342 g/mol. The number of nitrogens with zero attached hydrogens (tertiary/aromatic N) is 3. The molecule has 1 aromatic rings. The van der Waals surface area contributed by atoms with Crippen LogP contribution in [0, 0.1) is 0 Å². The highest BCUT2D eigenvalue weighted by Crippen LogP contribution is 2.39. The van der Waals surface area contributed by atoms with E-state index < -0.39 is 23.7 Å². The highest BCUT2D eigenvalue weighted by Gasteiger charge is 2.44. The molecule has 2 aliphatic heterocycles. The standard InChI is InChI=1S/C14H13F3N4OS/c1-20-10-7-18-23-19-12(10)21(2)11(13(20)22)8-5-3-4-6-9(8)14(15,16)17/h3-7,11,18H,1-2H3. The van der Waals surface area contributed by atoms with E-state index in [1.807, 2.05) is 0 Å². The lowest BCUT2D eigenvalue weighted by atomic mass is 9.95. The number of fused-ring (bicyclic) bond motifs is 1. The molecule has 1 fully saturated rings. The summed E-state index contributed by atoms with van der Waals surface area (Å²) < 4.78 is 46.9. The summed E-state index contributed by atoms with van der Waals surface area (Å²) >= 11 is 1.05. The average Bonchev–Trinajstić information content (AvgIpc) is 2.52. The van der Waals surface area contributed by atoms with Gasteiger partial charge in [-0.3, -0.25) is 4.79 Å². The molecular formula is C14H13F3N4OS. The normalized spacial score (nSPS) is 21.4. The van der Waals surface area contributed by atoms with Crippen LogP contribution in [-0.2, 0) is 11.0 Å². The largest absolute Gasteiger partial charge is 0.416 e.